The fraction of sp³-hybridized carbons (Fsp3) is 1.00. The van der Waals surface area contributed by atoms with Crippen molar-refractivity contribution in [2.75, 3.05) is 5.33 Å². The van der Waals surface area contributed by atoms with Crippen LogP contribution in [-0.4, -0.2) is 45.3 Å². The van der Waals surface area contributed by atoms with E-state index in [9.17, 15) is 0 Å². The first-order valence-corrected chi connectivity index (χ1v) is 4.04. The molecule has 60 valence electrons. The van der Waals surface area contributed by atoms with Crippen LogP contribution in [0.5, 0.6) is 0 Å². The van der Waals surface area contributed by atoms with Crippen molar-refractivity contribution in [1.82, 2.24) is 0 Å². The zero-order valence-corrected chi connectivity index (χ0v) is 6.73. The van der Waals surface area contributed by atoms with Crippen molar-refractivity contribution in [2.24, 2.45) is 0 Å². The summed E-state index contributed by atoms with van der Waals surface area (Å²) in [7, 11) is 0. The molecule has 10 heavy (non-hydrogen) atoms. The highest BCUT2D eigenvalue weighted by molar-refractivity contribution is 9.09. The van der Waals surface area contributed by atoms with E-state index in [4.69, 9.17) is 20.1 Å². The molecule has 0 aromatic heterocycles. The van der Waals surface area contributed by atoms with Crippen molar-refractivity contribution in [2.45, 2.75) is 24.6 Å². The Morgan fingerprint density at radius 3 is 2.00 bits per heavy atom. The molecule has 3 N–H and O–H groups in total. The topological polar surface area (TPSA) is 69.9 Å². The smallest absolute Gasteiger partial charge is 0.183 e. The fourth-order valence-corrected chi connectivity index (χ4v) is 1.39. The first-order chi connectivity index (χ1) is 4.66. The maximum Gasteiger partial charge on any atom is 0.183 e. The highest BCUT2D eigenvalue weighted by Gasteiger charge is 2.40. The second-order valence-electron chi connectivity index (χ2n) is 2.20. The molecule has 4 unspecified atom stereocenters. The van der Waals surface area contributed by atoms with Crippen LogP contribution in [0.2, 0.25) is 0 Å². The summed E-state index contributed by atoms with van der Waals surface area (Å²) in [5.74, 6) is 0. The quantitative estimate of drug-likeness (QED) is 0.479. The van der Waals surface area contributed by atoms with Crippen LogP contribution in [0.4, 0.5) is 0 Å². The van der Waals surface area contributed by atoms with E-state index in [0.717, 1.165) is 0 Å². The maximum atomic E-state index is 9.06. The molecule has 5 heteroatoms. The van der Waals surface area contributed by atoms with E-state index in [2.05, 4.69) is 15.9 Å². The molecule has 1 fully saturated rings. The molecule has 0 saturated carbocycles. The Labute approximate surface area is 66.6 Å². The van der Waals surface area contributed by atoms with E-state index >= 15 is 0 Å². The Morgan fingerprint density at radius 2 is 1.80 bits per heavy atom. The Hall–Kier alpha value is 0.320. The van der Waals surface area contributed by atoms with Gasteiger partial charge in [-0.25, -0.2) is 0 Å². The number of hydrogen-bond donors (Lipinski definition) is 3. The van der Waals surface area contributed by atoms with Gasteiger partial charge in [0.25, 0.3) is 0 Å². The first-order valence-electron chi connectivity index (χ1n) is 2.92. The van der Waals surface area contributed by atoms with E-state index in [1.807, 2.05) is 0 Å². The second kappa shape index (κ2) is 3.15. The standard InChI is InChI=1S/C5H9BrO4/c6-1-2-3(7)4(8)5(9)10-2/h2-5,7-9H,1H2. The van der Waals surface area contributed by atoms with Crippen molar-refractivity contribution in [3.63, 3.8) is 0 Å². The van der Waals surface area contributed by atoms with Crippen LogP contribution in [0.15, 0.2) is 0 Å². The molecule has 0 radical (unpaired) electrons. The van der Waals surface area contributed by atoms with Gasteiger partial charge in [-0.2, -0.15) is 0 Å². The predicted molar refractivity (Wildman–Crippen MR) is 36.7 cm³/mol. The number of hydrogen-bond acceptors (Lipinski definition) is 4. The molecule has 1 aliphatic heterocycles. The number of aliphatic hydroxyl groups excluding tert-OH is 3. The summed E-state index contributed by atoms with van der Waals surface area (Å²) < 4.78 is 4.74. The Balaban J connectivity index is 2.53. The lowest BCUT2D eigenvalue weighted by Crippen LogP contribution is -2.32. The van der Waals surface area contributed by atoms with Crippen LogP contribution in [0, 0.1) is 0 Å². The van der Waals surface area contributed by atoms with Crippen molar-refractivity contribution in [1.29, 1.82) is 0 Å². The van der Waals surface area contributed by atoms with Gasteiger partial charge in [0.15, 0.2) is 6.29 Å². The van der Waals surface area contributed by atoms with E-state index in [-0.39, 0.29) is 0 Å². The average Bonchev–Trinajstić information content (AvgIpc) is 2.17. The molecule has 0 spiro atoms. The minimum absolute atomic E-state index is 0.405. The van der Waals surface area contributed by atoms with Gasteiger partial charge in [0.05, 0.1) is 6.10 Å². The highest BCUT2D eigenvalue weighted by Crippen LogP contribution is 2.20. The van der Waals surface area contributed by atoms with E-state index in [0.29, 0.717) is 5.33 Å². The Morgan fingerprint density at radius 1 is 1.20 bits per heavy atom. The number of halogens is 1. The first kappa shape index (κ1) is 8.42. The van der Waals surface area contributed by atoms with Gasteiger partial charge in [0.2, 0.25) is 0 Å². The number of alkyl halides is 1. The maximum absolute atomic E-state index is 9.06. The summed E-state index contributed by atoms with van der Waals surface area (Å²) in [5, 5.41) is 27.2. The van der Waals surface area contributed by atoms with Gasteiger partial charge < -0.3 is 20.1 Å². The molecule has 1 rings (SSSR count). The van der Waals surface area contributed by atoms with Crippen molar-refractivity contribution >= 4 is 15.9 Å². The molecule has 1 saturated heterocycles. The van der Waals surface area contributed by atoms with Gasteiger partial charge in [-0.3, -0.25) is 0 Å². The second-order valence-corrected chi connectivity index (χ2v) is 2.85. The van der Waals surface area contributed by atoms with Crippen LogP contribution < -0.4 is 0 Å². The summed E-state index contributed by atoms with van der Waals surface area (Å²) in [5.41, 5.74) is 0. The molecule has 0 aromatic rings. The molecule has 4 atom stereocenters. The van der Waals surface area contributed by atoms with Crippen LogP contribution in [0.25, 0.3) is 0 Å². The van der Waals surface area contributed by atoms with E-state index < -0.39 is 24.6 Å². The SMILES string of the molecule is OC1OC(CBr)C(O)C1O. The minimum atomic E-state index is -1.25. The van der Waals surface area contributed by atoms with Crippen molar-refractivity contribution in [3.8, 4) is 0 Å². The summed E-state index contributed by atoms with van der Waals surface area (Å²) >= 11 is 3.06. The Kier molecular flexibility index (Phi) is 2.65. The number of ether oxygens (including phenoxy) is 1. The third kappa shape index (κ3) is 1.33. The summed E-state index contributed by atoms with van der Waals surface area (Å²) in [4.78, 5) is 0. The fourth-order valence-electron chi connectivity index (χ4n) is 0.856. The zero-order chi connectivity index (χ0) is 7.72. The molecule has 4 nitrogen and oxygen atoms in total. The van der Waals surface area contributed by atoms with Gasteiger partial charge in [-0.05, 0) is 0 Å². The minimum Gasteiger partial charge on any atom is -0.387 e. The largest absolute Gasteiger partial charge is 0.387 e. The third-order valence-corrected chi connectivity index (χ3v) is 2.13. The number of rotatable bonds is 1. The van der Waals surface area contributed by atoms with Gasteiger partial charge in [0, 0.05) is 5.33 Å². The lowest BCUT2D eigenvalue weighted by molar-refractivity contribution is -0.123. The molecule has 1 aliphatic rings. The van der Waals surface area contributed by atoms with E-state index in [1.165, 1.54) is 0 Å². The van der Waals surface area contributed by atoms with Crippen LogP contribution in [0.3, 0.4) is 0 Å². The molecule has 0 amide bonds. The summed E-state index contributed by atoms with van der Waals surface area (Å²) in [6.45, 7) is 0. The van der Waals surface area contributed by atoms with Crippen molar-refractivity contribution < 1.29 is 20.1 Å². The predicted octanol–water partition coefficient (Wildman–Crippen LogP) is -1.18. The molecule has 0 bridgehead atoms. The average molecular weight is 213 g/mol. The van der Waals surface area contributed by atoms with Crippen LogP contribution >= 0.6 is 15.9 Å². The molecule has 0 aromatic carbocycles. The lowest BCUT2D eigenvalue weighted by atomic mass is 10.2. The van der Waals surface area contributed by atoms with Crippen LogP contribution in [-0.2, 0) is 4.74 Å². The lowest BCUT2D eigenvalue weighted by Gasteiger charge is -2.09. The van der Waals surface area contributed by atoms with E-state index in [1.54, 1.807) is 0 Å². The van der Waals surface area contributed by atoms with Crippen LogP contribution in [0.1, 0.15) is 0 Å². The van der Waals surface area contributed by atoms with Gasteiger partial charge >= 0.3 is 0 Å². The highest BCUT2D eigenvalue weighted by atomic mass is 79.9. The van der Waals surface area contributed by atoms with Gasteiger partial charge in [0.1, 0.15) is 12.2 Å². The molecular weight excluding hydrogens is 204 g/mol. The molecule has 1 heterocycles. The summed E-state index contributed by atoms with van der Waals surface area (Å²) in [6, 6.07) is 0. The van der Waals surface area contributed by atoms with Gasteiger partial charge in [-0.1, -0.05) is 15.9 Å². The van der Waals surface area contributed by atoms with Crippen molar-refractivity contribution in [3.05, 3.63) is 0 Å². The monoisotopic (exact) mass is 212 g/mol. The molecule has 0 aliphatic carbocycles. The molecular formula is C5H9BrO4. The number of aliphatic hydroxyl groups is 3. The zero-order valence-electron chi connectivity index (χ0n) is 5.14. The van der Waals surface area contributed by atoms with Gasteiger partial charge in [-0.15, -0.1) is 0 Å². The summed E-state index contributed by atoms with van der Waals surface area (Å²) in [6.07, 6.45) is -3.93. The third-order valence-electron chi connectivity index (χ3n) is 1.49. The normalized spacial score (nSPS) is 48.0. The Bertz CT molecular complexity index is 120.